The summed E-state index contributed by atoms with van der Waals surface area (Å²) in [5, 5.41) is 11.3. The maximum Gasteiger partial charge on any atom is 0.317 e. The van der Waals surface area contributed by atoms with Crippen molar-refractivity contribution in [3.63, 3.8) is 0 Å². The molecule has 29 heavy (non-hydrogen) atoms. The minimum atomic E-state index is -0.795. The highest BCUT2D eigenvalue weighted by Gasteiger charge is 2.26. The molecule has 0 unspecified atom stereocenters. The second-order valence-electron chi connectivity index (χ2n) is 7.50. The van der Waals surface area contributed by atoms with Crippen LogP contribution >= 0.6 is 0 Å². The number of carboxylic acids is 1. The summed E-state index contributed by atoms with van der Waals surface area (Å²) in [5.74, 6) is 0.220. The van der Waals surface area contributed by atoms with Gasteiger partial charge in [-0.05, 0) is 37.3 Å². The van der Waals surface area contributed by atoms with Crippen LogP contribution in [0.5, 0.6) is 5.75 Å². The van der Waals surface area contributed by atoms with E-state index in [4.69, 9.17) is 9.84 Å². The number of fused-ring (bicyclic) bond motifs is 1. The molecule has 1 amide bonds. The number of carbonyl (C=O) groups excluding carboxylic acids is 1. The summed E-state index contributed by atoms with van der Waals surface area (Å²) < 4.78 is 5.92. The average molecular weight is 399 g/mol. The number of amides is 1. The predicted octanol–water partition coefficient (Wildman–Crippen LogP) is 3.40. The fourth-order valence-electron chi connectivity index (χ4n) is 4.04. The highest BCUT2D eigenvalue weighted by molar-refractivity contribution is 5.88. The van der Waals surface area contributed by atoms with Crippen molar-refractivity contribution in [1.82, 2.24) is 9.80 Å². The number of carboxylic acid groups (broad SMARTS) is 1. The van der Waals surface area contributed by atoms with Gasteiger partial charge in [0.05, 0.1) is 13.2 Å². The molecule has 1 N–H and O–H groups in total. The summed E-state index contributed by atoms with van der Waals surface area (Å²) in [5.41, 5.74) is 0. The van der Waals surface area contributed by atoms with Crippen molar-refractivity contribution in [1.29, 1.82) is 0 Å². The third kappa shape index (κ3) is 5.70. The fourth-order valence-corrected chi connectivity index (χ4v) is 4.04. The third-order valence-corrected chi connectivity index (χ3v) is 5.62. The van der Waals surface area contributed by atoms with Crippen LogP contribution in [0.15, 0.2) is 42.5 Å². The number of carbonyl (C=O) groups is 2. The van der Waals surface area contributed by atoms with E-state index < -0.39 is 5.97 Å². The Morgan fingerprint density at radius 2 is 1.86 bits per heavy atom. The zero-order valence-corrected chi connectivity index (χ0v) is 17.0. The molecule has 3 rings (SSSR count). The molecule has 2 aromatic carbocycles. The van der Waals surface area contributed by atoms with E-state index in [9.17, 15) is 9.59 Å². The number of hydrogen-bond acceptors (Lipinski definition) is 4. The Morgan fingerprint density at radius 1 is 1.14 bits per heavy atom. The first kappa shape index (κ1) is 21.1. The van der Waals surface area contributed by atoms with E-state index in [1.165, 1.54) is 0 Å². The van der Waals surface area contributed by atoms with Gasteiger partial charge in [0.25, 0.3) is 0 Å². The maximum absolute atomic E-state index is 12.5. The first-order valence-corrected chi connectivity index (χ1v) is 10.4. The molecule has 6 heteroatoms. The van der Waals surface area contributed by atoms with E-state index in [0.717, 1.165) is 35.9 Å². The molecule has 0 aliphatic carbocycles. The van der Waals surface area contributed by atoms with Crippen LogP contribution in [0.4, 0.5) is 0 Å². The molecule has 0 atom stereocenters. The van der Waals surface area contributed by atoms with Gasteiger partial charge in [0, 0.05) is 30.9 Å². The van der Waals surface area contributed by atoms with Gasteiger partial charge in [-0.25, -0.2) is 0 Å². The second-order valence-corrected chi connectivity index (χ2v) is 7.50. The van der Waals surface area contributed by atoms with Gasteiger partial charge in [-0.1, -0.05) is 43.3 Å². The summed E-state index contributed by atoms with van der Waals surface area (Å²) in [7, 11) is 0. The van der Waals surface area contributed by atoms with E-state index in [-0.39, 0.29) is 18.5 Å². The minimum Gasteiger partial charge on any atom is -0.493 e. The Morgan fingerprint density at radius 3 is 2.59 bits per heavy atom. The molecule has 0 spiro atoms. The summed E-state index contributed by atoms with van der Waals surface area (Å²) in [6.07, 6.45) is 2.82. The molecule has 1 fully saturated rings. The molecule has 1 aliphatic heterocycles. The van der Waals surface area contributed by atoms with Gasteiger partial charge in [-0.2, -0.15) is 0 Å². The molecule has 1 aliphatic rings. The number of piperidine rings is 1. The average Bonchev–Trinajstić information content (AvgIpc) is 2.75. The van der Waals surface area contributed by atoms with Gasteiger partial charge in [0.2, 0.25) is 5.91 Å². The van der Waals surface area contributed by atoms with Crippen LogP contribution in [0.3, 0.4) is 0 Å². The molecule has 0 bridgehead atoms. The van der Waals surface area contributed by atoms with Crippen molar-refractivity contribution >= 4 is 22.6 Å². The Kier molecular flexibility index (Phi) is 7.47. The van der Waals surface area contributed by atoms with E-state index in [0.29, 0.717) is 32.5 Å². The normalized spacial score (nSPS) is 15.0. The number of likely N-dealkylation sites (N-methyl/N-ethyl adjacent to an activating group) is 1. The number of rotatable bonds is 9. The topological polar surface area (TPSA) is 70.1 Å². The molecule has 2 aromatic rings. The van der Waals surface area contributed by atoms with Crippen LogP contribution < -0.4 is 4.74 Å². The van der Waals surface area contributed by atoms with E-state index >= 15 is 0 Å². The van der Waals surface area contributed by atoms with E-state index in [1.807, 2.05) is 47.1 Å². The number of aliphatic carboxylic acids is 1. The van der Waals surface area contributed by atoms with E-state index in [2.05, 4.69) is 12.1 Å². The van der Waals surface area contributed by atoms with Gasteiger partial charge in [0.1, 0.15) is 5.75 Å². The second kappa shape index (κ2) is 10.3. The van der Waals surface area contributed by atoms with Gasteiger partial charge >= 0.3 is 5.97 Å². The Labute approximate surface area is 172 Å². The van der Waals surface area contributed by atoms with Crippen molar-refractivity contribution in [2.45, 2.75) is 38.6 Å². The summed E-state index contributed by atoms with van der Waals surface area (Å²) >= 11 is 0. The van der Waals surface area contributed by atoms with Gasteiger partial charge < -0.3 is 14.7 Å². The summed E-state index contributed by atoms with van der Waals surface area (Å²) in [6, 6.07) is 14.4. The van der Waals surface area contributed by atoms with Crippen molar-refractivity contribution in [2.24, 2.45) is 0 Å². The SMILES string of the molecule is CCN(CC(=O)O)C1CCN(C(=O)CCCOc2cccc3ccccc23)CC1. The molecule has 1 heterocycles. The summed E-state index contributed by atoms with van der Waals surface area (Å²) in [6.45, 7) is 4.68. The lowest BCUT2D eigenvalue weighted by molar-refractivity contribution is -0.140. The number of hydrogen-bond donors (Lipinski definition) is 1. The number of benzene rings is 2. The van der Waals surface area contributed by atoms with Gasteiger partial charge in [-0.3, -0.25) is 14.5 Å². The zero-order valence-electron chi connectivity index (χ0n) is 17.0. The molecular formula is C23H30N2O4. The Hall–Kier alpha value is -2.60. The molecular weight excluding hydrogens is 368 g/mol. The molecule has 156 valence electrons. The lowest BCUT2D eigenvalue weighted by Crippen LogP contribution is -2.48. The first-order chi connectivity index (χ1) is 14.1. The van der Waals surface area contributed by atoms with Crippen LogP contribution in [-0.4, -0.2) is 65.6 Å². The van der Waals surface area contributed by atoms with Crippen LogP contribution in [0.1, 0.15) is 32.6 Å². The van der Waals surface area contributed by atoms with Crippen molar-refractivity contribution in [3.8, 4) is 5.75 Å². The Bertz CT molecular complexity index is 825. The lowest BCUT2D eigenvalue weighted by Gasteiger charge is -2.37. The van der Waals surface area contributed by atoms with Crippen LogP contribution in [0, 0.1) is 0 Å². The Balaban J connectivity index is 1.41. The molecule has 6 nitrogen and oxygen atoms in total. The number of ether oxygens (including phenoxy) is 1. The monoisotopic (exact) mass is 398 g/mol. The van der Waals surface area contributed by atoms with Crippen molar-refractivity contribution in [3.05, 3.63) is 42.5 Å². The van der Waals surface area contributed by atoms with Crippen LogP contribution in [0.25, 0.3) is 10.8 Å². The minimum absolute atomic E-state index is 0.0701. The predicted molar refractivity (Wildman–Crippen MR) is 113 cm³/mol. The van der Waals surface area contributed by atoms with Crippen molar-refractivity contribution < 1.29 is 19.4 Å². The highest BCUT2D eigenvalue weighted by atomic mass is 16.5. The maximum atomic E-state index is 12.5. The van der Waals surface area contributed by atoms with Crippen LogP contribution in [0.2, 0.25) is 0 Å². The first-order valence-electron chi connectivity index (χ1n) is 10.4. The molecule has 0 radical (unpaired) electrons. The highest BCUT2D eigenvalue weighted by Crippen LogP contribution is 2.25. The summed E-state index contributed by atoms with van der Waals surface area (Å²) in [4.78, 5) is 27.4. The van der Waals surface area contributed by atoms with E-state index in [1.54, 1.807) is 0 Å². The number of likely N-dealkylation sites (tertiary alicyclic amines) is 1. The zero-order chi connectivity index (χ0) is 20.6. The van der Waals surface area contributed by atoms with Gasteiger partial charge in [-0.15, -0.1) is 0 Å². The molecule has 1 saturated heterocycles. The van der Waals surface area contributed by atoms with Crippen molar-refractivity contribution in [2.75, 3.05) is 32.8 Å². The standard InChI is InChI=1S/C23H30N2O4/c1-2-24(17-23(27)28)19-12-14-25(15-13-19)22(26)11-6-16-29-21-10-5-8-18-7-3-4-9-20(18)21/h3-5,7-10,19H,2,6,11-17H2,1H3,(H,27,28). The molecule has 0 saturated carbocycles. The van der Waals surface area contributed by atoms with Gasteiger partial charge in [0.15, 0.2) is 0 Å². The quantitative estimate of drug-likeness (QED) is 0.656. The van der Waals surface area contributed by atoms with Crippen LogP contribution in [-0.2, 0) is 9.59 Å². The molecule has 0 aromatic heterocycles. The largest absolute Gasteiger partial charge is 0.493 e. The lowest BCUT2D eigenvalue weighted by atomic mass is 10.0. The number of nitrogens with zero attached hydrogens (tertiary/aromatic N) is 2. The third-order valence-electron chi connectivity index (χ3n) is 5.62. The fraction of sp³-hybridized carbons (Fsp3) is 0.478. The smallest absolute Gasteiger partial charge is 0.317 e.